The van der Waals surface area contributed by atoms with Crippen LogP contribution in [0.1, 0.15) is 63.8 Å². The van der Waals surface area contributed by atoms with Crippen LogP contribution in [0.25, 0.3) is 6.08 Å². The van der Waals surface area contributed by atoms with Crippen LogP contribution in [0.3, 0.4) is 0 Å². The molecule has 0 atom stereocenters. The molecule has 0 radical (unpaired) electrons. The number of cyclic esters (lactones) is 1. The van der Waals surface area contributed by atoms with Crippen molar-refractivity contribution in [1.29, 1.82) is 0 Å². The number of rotatable bonds is 2. The molecule has 1 aliphatic rings. The van der Waals surface area contributed by atoms with Gasteiger partial charge in [0.25, 0.3) is 0 Å². The maximum Gasteiger partial charge on any atom is 0.363 e. The second-order valence-electron chi connectivity index (χ2n) is 9.05. The summed E-state index contributed by atoms with van der Waals surface area (Å²) in [5.74, 6) is -0.0360. The molecule has 3 heteroatoms. The number of nitrogens with zero attached hydrogens (tertiary/aromatic N) is 1. The average molecular weight is 361 g/mol. The number of ether oxygens (including phenoxy) is 1. The van der Waals surface area contributed by atoms with E-state index in [9.17, 15) is 4.79 Å². The number of hydrogen-bond acceptors (Lipinski definition) is 3. The molecular formula is C24H27NO2. The fourth-order valence-corrected chi connectivity index (χ4v) is 2.86. The molecule has 0 saturated carbocycles. The summed E-state index contributed by atoms with van der Waals surface area (Å²) in [6, 6.07) is 16.1. The first-order chi connectivity index (χ1) is 12.5. The van der Waals surface area contributed by atoms with Gasteiger partial charge in [-0.15, -0.1) is 0 Å². The van der Waals surface area contributed by atoms with Crippen molar-refractivity contribution in [3.05, 3.63) is 76.5 Å². The Labute approximate surface area is 161 Å². The van der Waals surface area contributed by atoms with Crippen LogP contribution in [0.4, 0.5) is 0 Å². The number of benzene rings is 2. The van der Waals surface area contributed by atoms with Crippen molar-refractivity contribution in [3.8, 4) is 0 Å². The third-order valence-electron chi connectivity index (χ3n) is 4.64. The number of aliphatic imine (C=N–C) groups is 1. The number of esters is 1. The van der Waals surface area contributed by atoms with E-state index in [4.69, 9.17) is 4.74 Å². The molecule has 27 heavy (non-hydrogen) atoms. The van der Waals surface area contributed by atoms with Gasteiger partial charge in [0.2, 0.25) is 5.90 Å². The lowest BCUT2D eigenvalue weighted by Crippen LogP contribution is -2.18. The molecule has 0 aliphatic carbocycles. The van der Waals surface area contributed by atoms with E-state index in [-0.39, 0.29) is 10.8 Å². The van der Waals surface area contributed by atoms with E-state index < -0.39 is 5.97 Å². The van der Waals surface area contributed by atoms with Crippen LogP contribution in [-0.4, -0.2) is 11.9 Å². The second-order valence-corrected chi connectivity index (χ2v) is 9.05. The minimum absolute atomic E-state index is 0.0120. The van der Waals surface area contributed by atoms with E-state index >= 15 is 0 Å². The lowest BCUT2D eigenvalue weighted by molar-refractivity contribution is -0.129. The van der Waals surface area contributed by atoms with Gasteiger partial charge in [-0.2, -0.15) is 0 Å². The van der Waals surface area contributed by atoms with Gasteiger partial charge in [-0.05, 0) is 45.7 Å². The topological polar surface area (TPSA) is 38.7 Å². The highest BCUT2D eigenvalue weighted by atomic mass is 16.6. The Morgan fingerprint density at radius 2 is 1.41 bits per heavy atom. The van der Waals surface area contributed by atoms with Gasteiger partial charge in [-0.25, -0.2) is 9.79 Å². The van der Waals surface area contributed by atoms with Crippen molar-refractivity contribution in [2.24, 2.45) is 4.99 Å². The Morgan fingerprint density at radius 3 is 1.93 bits per heavy atom. The van der Waals surface area contributed by atoms with Gasteiger partial charge >= 0.3 is 5.97 Å². The molecule has 1 aliphatic heterocycles. The molecule has 0 saturated heterocycles. The molecule has 3 rings (SSSR count). The van der Waals surface area contributed by atoms with Crippen LogP contribution < -0.4 is 0 Å². The number of carbonyl (C=O) groups excluding carboxylic acids is 1. The van der Waals surface area contributed by atoms with Crippen molar-refractivity contribution < 1.29 is 9.53 Å². The molecule has 0 aromatic heterocycles. The van der Waals surface area contributed by atoms with E-state index in [1.807, 2.05) is 30.3 Å². The third kappa shape index (κ3) is 4.36. The molecule has 0 fully saturated rings. The minimum atomic E-state index is -0.410. The Bertz CT molecular complexity index is 891. The SMILES string of the molecule is CC(C)(C)c1cc(C2=NC(=Cc3ccccc3)C(=O)O2)cc(C(C)(C)C)c1. The fourth-order valence-electron chi connectivity index (χ4n) is 2.86. The van der Waals surface area contributed by atoms with Crippen molar-refractivity contribution >= 4 is 17.9 Å². The standard InChI is InChI=1S/C24H27NO2/c1-23(2,3)18-13-17(14-19(15-18)24(4,5)6)21-25-20(22(26)27-21)12-16-10-8-7-9-11-16/h7-15H,1-6H3. The Kier molecular flexibility index (Phi) is 4.81. The highest BCUT2D eigenvalue weighted by molar-refractivity contribution is 6.13. The summed E-state index contributed by atoms with van der Waals surface area (Å²) in [4.78, 5) is 16.8. The molecule has 140 valence electrons. The van der Waals surface area contributed by atoms with Crippen LogP contribution in [0.2, 0.25) is 0 Å². The first-order valence-corrected chi connectivity index (χ1v) is 9.28. The quantitative estimate of drug-likeness (QED) is 0.514. The Morgan fingerprint density at radius 1 is 0.852 bits per heavy atom. The summed E-state index contributed by atoms with van der Waals surface area (Å²) < 4.78 is 5.51. The van der Waals surface area contributed by atoms with Crippen molar-refractivity contribution in [2.45, 2.75) is 52.4 Å². The summed E-state index contributed by atoms with van der Waals surface area (Å²) in [7, 11) is 0. The molecule has 2 aromatic carbocycles. The summed E-state index contributed by atoms with van der Waals surface area (Å²) in [6.45, 7) is 13.1. The molecule has 1 heterocycles. The zero-order valence-electron chi connectivity index (χ0n) is 17.0. The molecule has 0 N–H and O–H groups in total. The second kappa shape index (κ2) is 6.80. The summed E-state index contributed by atoms with van der Waals surface area (Å²) in [6.07, 6.45) is 1.76. The van der Waals surface area contributed by atoms with Gasteiger partial charge in [0, 0.05) is 5.56 Å². The normalized spacial score (nSPS) is 16.4. The Hall–Kier alpha value is -2.68. The molecule has 2 aromatic rings. The predicted octanol–water partition coefficient (Wildman–Crippen LogP) is 5.63. The first kappa shape index (κ1) is 19.1. The largest absolute Gasteiger partial charge is 0.402 e. The highest BCUT2D eigenvalue weighted by Gasteiger charge is 2.27. The summed E-state index contributed by atoms with van der Waals surface area (Å²) in [5, 5.41) is 0. The zero-order valence-corrected chi connectivity index (χ0v) is 17.0. The van der Waals surface area contributed by atoms with Gasteiger partial charge < -0.3 is 4.74 Å². The summed E-state index contributed by atoms with van der Waals surface area (Å²) in [5.41, 5.74) is 4.47. The van der Waals surface area contributed by atoms with Gasteiger partial charge in [0.05, 0.1) is 0 Å². The van der Waals surface area contributed by atoms with E-state index in [0.717, 1.165) is 11.1 Å². The fraction of sp³-hybridized carbons (Fsp3) is 0.333. The van der Waals surface area contributed by atoms with Crippen molar-refractivity contribution in [1.82, 2.24) is 0 Å². The first-order valence-electron chi connectivity index (χ1n) is 9.28. The number of hydrogen-bond donors (Lipinski definition) is 0. The van der Waals surface area contributed by atoms with Crippen molar-refractivity contribution in [2.75, 3.05) is 0 Å². The van der Waals surface area contributed by atoms with Crippen LogP contribution in [0.5, 0.6) is 0 Å². The third-order valence-corrected chi connectivity index (χ3v) is 4.64. The minimum Gasteiger partial charge on any atom is -0.402 e. The van der Waals surface area contributed by atoms with Gasteiger partial charge in [-0.1, -0.05) is 77.9 Å². The van der Waals surface area contributed by atoms with Crippen LogP contribution >= 0.6 is 0 Å². The molecule has 0 bridgehead atoms. The van der Waals surface area contributed by atoms with E-state index in [1.165, 1.54) is 11.1 Å². The van der Waals surface area contributed by atoms with E-state index in [1.54, 1.807) is 6.08 Å². The van der Waals surface area contributed by atoms with Gasteiger partial charge in [0.15, 0.2) is 5.70 Å². The predicted molar refractivity (Wildman–Crippen MR) is 111 cm³/mol. The van der Waals surface area contributed by atoms with Gasteiger partial charge in [-0.3, -0.25) is 0 Å². The molecular weight excluding hydrogens is 334 g/mol. The van der Waals surface area contributed by atoms with E-state index in [2.05, 4.69) is 64.7 Å². The van der Waals surface area contributed by atoms with Crippen LogP contribution in [0, 0.1) is 0 Å². The lowest BCUT2D eigenvalue weighted by atomic mass is 9.79. The van der Waals surface area contributed by atoms with Gasteiger partial charge in [0.1, 0.15) is 0 Å². The van der Waals surface area contributed by atoms with Crippen molar-refractivity contribution in [3.63, 3.8) is 0 Å². The average Bonchev–Trinajstić information content (AvgIpc) is 2.95. The maximum atomic E-state index is 12.3. The smallest absolute Gasteiger partial charge is 0.363 e. The molecule has 0 amide bonds. The Balaban J connectivity index is 2.07. The highest BCUT2D eigenvalue weighted by Crippen LogP contribution is 2.31. The monoisotopic (exact) mass is 361 g/mol. The molecule has 0 spiro atoms. The number of carbonyl (C=O) groups is 1. The van der Waals surface area contributed by atoms with Crippen LogP contribution in [0.15, 0.2) is 59.2 Å². The lowest BCUT2D eigenvalue weighted by Gasteiger charge is -2.26. The summed E-state index contributed by atoms with van der Waals surface area (Å²) >= 11 is 0. The zero-order chi connectivity index (χ0) is 19.8. The molecule has 3 nitrogen and oxygen atoms in total. The van der Waals surface area contributed by atoms with E-state index in [0.29, 0.717) is 11.6 Å². The molecule has 0 unspecified atom stereocenters. The van der Waals surface area contributed by atoms with Crippen LogP contribution in [-0.2, 0) is 20.4 Å². The maximum absolute atomic E-state index is 12.3.